The second-order valence-corrected chi connectivity index (χ2v) is 2.49. The quantitative estimate of drug-likeness (QED) is 0.450. The highest BCUT2D eigenvalue weighted by atomic mass is 16.7. The lowest BCUT2D eigenvalue weighted by atomic mass is 10.4. The second kappa shape index (κ2) is 4.49. The summed E-state index contributed by atoms with van der Waals surface area (Å²) in [6.45, 7) is 7.23. The molecule has 11 heavy (non-hydrogen) atoms. The highest BCUT2D eigenvalue weighted by Gasteiger charge is 2.21. The zero-order valence-corrected chi connectivity index (χ0v) is 6.79. The summed E-state index contributed by atoms with van der Waals surface area (Å²) in [7, 11) is 0. The number of ether oxygens (including phenoxy) is 3. The fourth-order valence-corrected chi connectivity index (χ4v) is 0.963. The van der Waals surface area contributed by atoms with Crippen LogP contribution >= 0.6 is 0 Å². The molecule has 2 atom stereocenters. The molecule has 0 amide bonds. The zero-order chi connectivity index (χ0) is 8.10. The van der Waals surface area contributed by atoms with E-state index in [-0.39, 0.29) is 12.4 Å². The Kier molecular flexibility index (Phi) is 3.56. The van der Waals surface area contributed by atoms with Crippen molar-refractivity contribution in [3.8, 4) is 0 Å². The van der Waals surface area contributed by atoms with E-state index in [0.717, 1.165) is 0 Å². The average Bonchev–Trinajstić information content (AvgIpc) is 2.37. The van der Waals surface area contributed by atoms with Gasteiger partial charge in [0.05, 0.1) is 19.8 Å². The zero-order valence-electron chi connectivity index (χ0n) is 6.79. The molecule has 2 unspecified atom stereocenters. The summed E-state index contributed by atoms with van der Waals surface area (Å²) in [5.74, 6) is 0. The predicted octanol–water partition coefficient (Wildman–Crippen LogP) is 0.950. The van der Waals surface area contributed by atoms with E-state index in [2.05, 4.69) is 6.58 Å². The molecule has 1 saturated heterocycles. The molecule has 3 heteroatoms. The van der Waals surface area contributed by atoms with E-state index in [4.69, 9.17) is 14.2 Å². The van der Waals surface area contributed by atoms with Gasteiger partial charge in [0.2, 0.25) is 0 Å². The van der Waals surface area contributed by atoms with Gasteiger partial charge in [-0.1, -0.05) is 6.08 Å². The van der Waals surface area contributed by atoms with Gasteiger partial charge in [0.1, 0.15) is 6.10 Å². The lowest BCUT2D eigenvalue weighted by molar-refractivity contribution is -0.0562. The minimum absolute atomic E-state index is 0.0765. The highest BCUT2D eigenvalue weighted by molar-refractivity contribution is 4.66. The molecule has 0 N–H and O–H groups in total. The second-order valence-electron chi connectivity index (χ2n) is 2.49. The van der Waals surface area contributed by atoms with Gasteiger partial charge in [-0.15, -0.1) is 6.58 Å². The lowest BCUT2D eigenvalue weighted by Gasteiger charge is -2.07. The topological polar surface area (TPSA) is 27.7 Å². The first-order valence-electron chi connectivity index (χ1n) is 3.78. The van der Waals surface area contributed by atoms with E-state index in [0.29, 0.717) is 19.8 Å². The van der Waals surface area contributed by atoms with Gasteiger partial charge in [-0.05, 0) is 6.92 Å². The van der Waals surface area contributed by atoms with Gasteiger partial charge >= 0.3 is 0 Å². The largest absolute Gasteiger partial charge is 0.375 e. The van der Waals surface area contributed by atoms with Crippen LogP contribution in [0.1, 0.15) is 6.92 Å². The molecule has 64 valence electrons. The standard InChI is InChI=1S/C8H14O3/c1-3-4-9-5-8-6-10-7(2)11-8/h3,7-8H,1,4-6H2,2H3. The summed E-state index contributed by atoms with van der Waals surface area (Å²) < 4.78 is 15.7. The first kappa shape index (κ1) is 8.71. The van der Waals surface area contributed by atoms with E-state index < -0.39 is 0 Å². The maximum atomic E-state index is 5.33. The van der Waals surface area contributed by atoms with Crippen molar-refractivity contribution in [2.75, 3.05) is 19.8 Å². The van der Waals surface area contributed by atoms with E-state index in [9.17, 15) is 0 Å². The van der Waals surface area contributed by atoms with Crippen LogP contribution in [0.5, 0.6) is 0 Å². The Morgan fingerprint density at radius 1 is 1.73 bits per heavy atom. The molecular weight excluding hydrogens is 144 g/mol. The normalized spacial score (nSPS) is 30.6. The van der Waals surface area contributed by atoms with Crippen molar-refractivity contribution in [3.63, 3.8) is 0 Å². The van der Waals surface area contributed by atoms with E-state index in [1.165, 1.54) is 0 Å². The fraction of sp³-hybridized carbons (Fsp3) is 0.750. The third-order valence-corrected chi connectivity index (χ3v) is 1.44. The third kappa shape index (κ3) is 3.01. The molecule has 0 radical (unpaired) electrons. The summed E-state index contributed by atoms with van der Waals surface area (Å²) >= 11 is 0. The molecule has 0 aromatic heterocycles. The van der Waals surface area contributed by atoms with E-state index in [1.807, 2.05) is 6.92 Å². The van der Waals surface area contributed by atoms with E-state index >= 15 is 0 Å². The monoisotopic (exact) mass is 158 g/mol. The van der Waals surface area contributed by atoms with Gasteiger partial charge in [0, 0.05) is 0 Å². The maximum absolute atomic E-state index is 5.33. The molecule has 0 saturated carbocycles. The Balaban J connectivity index is 2.03. The number of rotatable bonds is 4. The SMILES string of the molecule is C=CCOCC1COC(C)O1. The van der Waals surface area contributed by atoms with Crippen LogP contribution in [-0.2, 0) is 14.2 Å². The van der Waals surface area contributed by atoms with Crippen molar-refractivity contribution in [3.05, 3.63) is 12.7 Å². The van der Waals surface area contributed by atoms with Crippen LogP contribution in [0.3, 0.4) is 0 Å². The van der Waals surface area contributed by atoms with Crippen LogP contribution in [0.2, 0.25) is 0 Å². The molecule has 1 heterocycles. The van der Waals surface area contributed by atoms with Crippen LogP contribution in [0.4, 0.5) is 0 Å². The third-order valence-electron chi connectivity index (χ3n) is 1.44. The van der Waals surface area contributed by atoms with Crippen LogP contribution in [0.25, 0.3) is 0 Å². The van der Waals surface area contributed by atoms with Crippen molar-refractivity contribution in [1.29, 1.82) is 0 Å². The van der Waals surface area contributed by atoms with Crippen molar-refractivity contribution in [1.82, 2.24) is 0 Å². The van der Waals surface area contributed by atoms with Crippen molar-refractivity contribution >= 4 is 0 Å². The average molecular weight is 158 g/mol. The first-order valence-corrected chi connectivity index (χ1v) is 3.78. The summed E-state index contributed by atoms with van der Waals surface area (Å²) in [5.41, 5.74) is 0. The Bertz CT molecular complexity index is 125. The van der Waals surface area contributed by atoms with Crippen molar-refractivity contribution in [2.45, 2.75) is 19.3 Å². The summed E-state index contributed by atoms with van der Waals surface area (Å²) in [6.07, 6.45) is 1.75. The van der Waals surface area contributed by atoms with Crippen LogP contribution < -0.4 is 0 Å². The van der Waals surface area contributed by atoms with Gasteiger partial charge in [-0.25, -0.2) is 0 Å². The van der Waals surface area contributed by atoms with E-state index in [1.54, 1.807) is 6.08 Å². The molecule has 1 rings (SSSR count). The Hall–Kier alpha value is -0.380. The lowest BCUT2D eigenvalue weighted by Crippen LogP contribution is -2.18. The Morgan fingerprint density at radius 2 is 2.55 bits per heavy atom. The molecular formula is C8H14O3. The minimum atomic E-state index is -0.0765. The molecule has 0 aromatic rings. The van der Waals surface area contributed by atoms with Gasteiger partial charge in [-0.2, -0.15) is 0 Å². The maximum Gasteiger partial charge on any atom is 0.155 e. The smallest absolute Gasteiger partial charge is 0.155 e. The van der Waals surface area contributed by atoms with Crippen LogP contribution in [0, 0.1) is 0 Å². The molecule has 0 aromatic carbocycles. The minimum Gasteiger partial charge on any atom is -0.375 e. The van der Waals surface area contributed by atoms with Gasteiger partial charge < -0.3 is 14.2 Å². The molecule has 1 fully saturated rings. The van der Waals surface area contributed by atoms with Crippen LogP contribution in [-0.4, -0.2) is 32.2 Å². The number of hydrogen-bond acceptors (Lipinski definition) is 3. The fourth-order valence-electron chi connectivity index (χ4n) is 0.963. The van der Waals surface area contributed by atoms with Gasteiger partial charge in [0.25, 0.3) is 0 Å². The molecule has 1 aliphatic heterocycles. The summed E-state index contributed by atoms with van der Waals surface area (Å²) in [5, 5.41) is 0. The van der Waals surface area contributed by atoms with Crippen molar-refractivity contribution < 1.29 is 14.2 Å². The molecule has 0 aliphatic carbocycles. The Morgan fingerprint density at radius 3 is 3.09 bits per heavy atom. The highest BCUT2D eigenvalue weighted by Crippen LogP contribution is 2.10. The predicted molar refractivity (Wildman–Crippen MR) is 41.3 cm³/mol. The summed E-state index contributed by atoms with van der Waals surface area (Å²) in [6, 6.07) is 0. The van der Waals surface area contributed by atoms with Crippen molar-refractivity contribution in [2.24, 2.45) is 0 Å². The van der Waals surface area contributed by atoms with Gasteiger partial charge in [-0.3, -0.25) is 0 Å². The van der Waals surface area contributed by atoms with Crippen LogP contribution in [0.15, 0.2) is 12.7 Å². The molecule has 0 spiro atoms. The molecule has 3 nitrogen and oxygen atoms in total. The Labute approximate surface area is 66.9 Å². The molecule has 1 aliphatic rings. The first-order chi connectivity index (χ1) is 5.33. The summed E-state index contributed by atoms with van der Waals surface area (Å²) in [4.78, 5) is 0. The van der Waals surface area contributed by atoms with Gasteiger partial charge in [0.15, 0.2) is 6.29 Å². The molecule has 0 bridgehead atoms. The number of hydrogen-bond donors (Lipinski definition) is 0.